The van der Waals surface area contributed by atoms with Gasteiger partial charge in [-0.15, -0.1) is 11.8 Å². The molecular formula is C18H15N3O2S. The number of anilines is 1. The summed E-state index contributed by atoms with van der Waals surface area (Å²) in [5.41, 5.74) is 1.16. The summed E-state index contributed by atoms with van der Waals surface area (Å²) in [5.74, 6) is 0.404. The van der Waals surface area contributed by atoms with Crippen LogP contribution in [0.5, 0.6) is 0 Å². The van der Waals surface area contributed by atoms with Crippen LogP contribution >= 0.6 is 11.8 Å². The van der Waals surface area contributed by atoms with Gasteiger partial charge >= 0.3 is 0 Å². The molecular weight excluding hydrogens is 322 g/mol. The second-order valence-electron chi connectivity index (χ2n) is 5.10. The van der Waals surface area contributed by atoms with Crippen LogP contribution in [0.4, 0.5) is 5.69 Å². The van der Waals surface area contributed by atoms with Gasteiger partial charge in [0, 0.05) is 23.0 Å². The molecule has 0 fully saturated rings. The Labute approximate surface area is 143 Å². The van der Waals surface area contributed by atoms with Gasteiger partial charge in [-0.25, -0.2) is 0 Å². The number of furan rings is 1. The number of benzene rings is 1. The summed E-state index contributed by atoms with van der Waals surface area (Å²) in [6.07, 6.45) is 5.50. The minimum absolute atomic E-state index is 0.224. The number of aryl methyl sites for hydroxylation is 1. The smallest absolute Gasteiger partial charge is 0.260 e. The van der Waals surface area contributed by atoms with Gasteiger partial charge in [0.25, 0.3) is 5.91 Å². The topological polar surface area (TPSA) is 71.0 Å². The maximum absolute atomic E-state index is 12.7. The predicted octanol–water partition coefficient (Wildman–Crippen LogP) is 4.22. The van der Waals surface area contributed by atoms with Gasteiger partial charge in [0.05, 0.1) is 0 Å². The minimum atomic E-state index is -0.357. The monoisotopic (exact) mass is 337 g/mol. The first-order valence-corrected chi connectivity index (χ1v) is 8.48. The molecule has 3 rings (SSSR count). The number of nitrogens with one attached hydrogen (secondary N) is 1. The lowest BCUT2D eigenvalue weighted by molar-refractivity contribution is 0.102. The van der Waals surface area contributed by atoms with Crippen molar-refractivity contribution >= 4 is 23.4 Å². The van der Waals surface area contributed by atoms with Crippen molar-refractivity contribution in [2.45, 2.75) is 11.8 Å². The molecule has 0 radical (unpaired) electrons. The Hall–Kier alpha value is -2.91. The van der Waals surface area contributed by atoms with E-state index in [2.05, 4.69) is 11.4 Å². The molecule has 1 N–H and O–H groups in total. The molecule has 0 saturated carbocycles. The Morgan fingerprint density at radius 2 is 2.04 bits per heavy atom. The number of amides is 1. The third-order valence-corrected chi connectivity index (χ3v) is 4.30. The van der Waals surface area contributed by atoms with Gasteiger partial charge in [-0.1, -0.05) is 6.07 Å². The lowest BCUT2D eigenvalue weighted by Gasteiger charge is -2.06. The highest BCUT2D eigenvalue weighted by molar-refractivity contribution is 7.98. The molecule has 0 saturated heterocycles. The standard InChI is InChI=1S/C18H15N3O2S/c1-12-16(15(11-19)18(23-12)21-8-3-4-9-21)17(22)20-13-6-5-7-14(10-13)24-2/h3-10H,1-2H3,(H,20,22). The van der Waals surface area contributed by atoms with Crippen molar-refractivity contribution in [1.82, 2.24) is 4.57 Å². The quantitative estimate of drug-likeness (QED) is 0.723. The van der Waals surface area contributed by atoms with Crippen molar-refractivity contribution in [3.05, 3.63) is 65.7 Å². The molecule has 5 nitrogen and oxygen atoms in total. The summed E-state index contributed by atoms with van der Waals surface area (Å²) in [7, 11) is 0. The van der Waals surface area contributed by atoms with Gasteiger partial charge in [-0.3, -0.25) is 9.36 Å². The van der Waals surface area contributed by atoms with E-state index in [9.17, 15) is 10.1 Å². The highest BCUT2D eigenvalue weighted by Crippen LogP contribution is 2.27. The first-order chi connectivity index (χ1) is 11.6. The van der Waals surface area contributed by atoms with Crippen LogP contribution in [0.3, 0.4) is 0 Å². The predicted molar refractivity (Wildman–Crippen MR) is 93.7 cm³/mol. The molecule has 6 heteroatoms. The van der Waals surface area contributed by atoms with Crippen LogP contribution in [-0.4, -0.2) is 16.7 Å². The third kappa shape index (κ3) is 2.94. The van der Waals surface area contributed by atoms with Gasteiger partial charge in [-0.2, -0.15) is 5.26 Å². The number of thioether (sulfide) groups is 1. The molecule has 0 bridgehead atoms. The molecule has 2 aromatic heterocycles. The molecule has 0 aliphatic heterocycles. The van der Waals surface area contributed by atoms with Gasteiger partial charge in [0.15, 0.2) is 0 Å². The second-order valence-corrected chi connectivity index (χ2v) is 5.98. The van der Waals surface area contributed by atoms with E-state index in [1.165, 1.54) is 0 Å². The van der Waals surface area contributed by atoms with Gasteiger partial charge in [0.1, 0.15) is 23.0 Å². The number of carbonyl (C=O) groups is 1. The molecule has 2 heterocycles. The molecule has 1 aromatic carbocycles. The van der Waals surface area contributed by atoms with Crippen molar-refractivity contribution in [3.63, 3.8) is 0 Å². The first kappa shape index (κ1) is 16.0. The number of carbonyl (C=O) groups excluding carboxylic acids is 1. The summed E-state index contributed by atoms with van der Waals surface area (Å²) >= 11 is 1.59. The van der Waals surface area contributed by atoms with Gasteiger partial charge in [0.2, 0.25) is 5.88 Å². The van der Waals surface area contributed by atoms with Crippen LogP contribution in [-0.2, 0) is 0 Å². The highest BCUT2D eigenvalue weighted by Gasteiger charge is 2.24. The van der Waals surface area contributed by atoms with Crippen LogP contribution in [0.25, 0.3) is 5.88 Å². The number of hydrogen-bond acceptors (Lipinski definition) is 4. The van der Waals surface area contributed by atoms with Gasteiger partial charge in [-0.05, 0) is 43.5 Å². The fourth-order valence-electron chi connectivity index (χ4n) is 2.45. The molecule has 0 atom stereocenters. The maximum Gasteiger partial charge on any atom is 0.260 e. The normalized spacial score (nSPS) is 10.4. The molecule has 1 amide bonds. The average molecular weight is 337 g/mol. The van der Waals surface area contributed by atoms with Crippen LogP contribution < -0.4 is 5.32 Å². The van der Waals surface area contributed by atoms with Crippen molar-refractivity contribution < 1.29 is 9.21 Å². The minimum Gasteiger partial charge on any atom is -0.443 e. The number of aromatic nitrogens is 1. The van der Waals surface area contributed by atoms with E-state index >= 15 is 0 Å². The summed E-state index contributed by atoms with van der Waals surface area (Å²) in [6.45, 7) is 1.68. The Morgan fingerprint density at radius 3 is 2.71 bits per heavy atom. The van der Waals surface area contributed by atoms with Crippen molar-refractivity contribution in [2.24, 2.45) is 0 Å². The maximum atomic E-state index is 12.7. The van der Waals surface area contributed by atoms with E-state index in [1.807, 2.05) is 42.7 Å². The van der Waals surface area contributed by atoms with Crippen molar-refractivity contribution in [2.75, 3.05) is 11.6 Å². The highest BCUT2D eigenvalue weighted by atomic mass is 32.2. The lowest BCUT2D eigenvalue weighted by atomic mass is 10.1. The van der Waals surface area contributed by atoms with Crippen LogP contribution in [0.15, 0.2) is 58.1 Å². The average Bonchev–Trinajstić information content (AvgIpc) is 3.21. The summed E-state index contributed by atoms with van der Waals surface area (Å²) < 4.78 is 7.34. The van der Waals surface area contributed by atoms with E-state index in [-0.39, 0.29) is 17.0 Å². The summed E-state index contributed by atoms with van der Waals surface area (Å²) in [4.78, 5) is 13.7. The zero-order valence-electron chi connectivity index (χ0n) is 13.2. The molecule has 0 aliphatic rings. The Kier molecular flexibility index (Phi) is 4.45. The number of nitriles is 1. The van der Waals surface area contributed by atoms with E-state index in [4.69, 9.17) is 4.42 Å². The zero-order valence-corrected chi connectivity index (χ0v) is 14.1. The van der Waals surface area contributed by atoms with E-state index < -0.39 is 0 Å². The van der Waals surface area contributed by atoms with E-state index in [1.54, 1.807) is 35.6 Å². The SMILES string of the molecule is CSc1cccc(NC(=O)c2c(C)oc(-n3cccc3)c2C#N)c1. The summed E-state index contributed by atoms with van der Waals surface area (Å²) in [6, 6.07) is 13.3. The molecule has 0 aliphatic carbocycles. The van der Waals surface area contributed by atoms with E-state index in [0.29, 0.717) is 17.3 Å². The Morgan fingerprint density at radius 1 is 1.29 bits per heavy atom. The summed E-state index contributed by atoms with van der Waals surface area (Å²) in [5, 5.41) is 12.3. The number of hydrogen-bond donors (Lipinski definition) is 1. The lowest BCUT2D eigenvalue weighted by Crippen LogP contribution is -2.14. The molecule has 24 heavy (non-hydrogen) atoms. The first-order valence-electron chi connectivity index (χ1n) is 7.26. The number of nitrogens with zero attached hydrogens (tertiary/aromatic N) is 2. The van der Waals surface area contributed by atoms with Gasteiger partial charge < -0.3 is 9.73 Å². The largest absolute Gasteiger partial charge is 0.443 e. The van der Waals surface area contributed by atoms with Crippen molar-refractivity contribution in [3.8, 4) is 12.0 Å². The van der Waals surface area contributed by atoms with Crippen LogP contribution in [0.2, 0.25) is 0 Å². The number of rotatable bonds is 4. The second kappa shape index (κ2) is 6.69. The molecule has 3 aromatic rings. The Bertz CT molecular complexity index is 920. The fraction of sp³-hybridized carbons (Fsp3) is 0.111. The van der Waals surface area contributed by atoms with E-state index in [0.717, 1.165) is 4.90 Å². The van der Waals surface area contributed by atoms with Crippen LogP contribution in [0.1, 0.15) is 21.7 Å². The third-order valence-electron chi connectivity index (χ3n) is 3.57. The zero-order chi connectivity index (χ0) is 17.1. The molecule has 0 unspecified atom stereocenters. The molecule has 120 valence electrons. The molecule has 0 spiro atoms. The Balaban J connectivity index is 1.97. The van der Waals surface area contributed by atoms with Crippen LogP contribution in [0, 0.1) is 18.3 Å². The van der Waals surface area contributed by atoms with Crippen molar-refractivity contribution in [1.29, 1.82) is 5.26 Å². The fourth-order valence-corrected chi connectivity index (χ4v) is 2.91.